The van der Waals surface area contributed by atoms with Crippen molar-refractivity contribution in [2.45, 2.75) is 38.3 Å². The monoisotopic (exact) mass is 380 g/mol. The van der Waals surface area contributed by atoms with Crippen molar-refractivity contribution in [1.29, 1.82) is 0 Å². The van der Waals surface area contributed by atoms with Gasteiger partial charge >= 0.3 is 0 Å². The zero-order chi connectivity index (χ0) is 19.1. The van der Waals surface area contributed by atoms with Gasteiger partial charge in [0, 0.05) is 11.4 Å². The number of nitrogens with one attached hydrogen (secondary N) is 1. The molecule has 0 bridgehead atoms. The largest absolute Gasteiger partial charge is 0.325 e. The summed E-state index contributed by atoms with van der Waals surface area (Å²) in [6.07, 6.45) is 5.11. The smallest absolute Gasteiger partial charge is 0.234 e. The number of nitrogens with zero attached hydrogens (tertiary/aromatic N) is 3. The van der Waals surface area contributed by atoms with Gasteiger partial charge in [-0.15, -0.1) is 10.2 Å². The van der Waals surface area contributed by atoms with Crippen molar-refractivity contribution in [3.63, 3.8) is 0 Å². The van der Waals surface area contributed by atoms with Crippen LogP contribution < -0.4 is 5.32 Å². The van der Waals surface area contributed by atoms with Gasteiger partial charge in [-0.2, -0.15) is 0 Å². The molecule has 1 heterocycles. The third kappa shape index (κ3) is 5.44. The predicted molar refractivity (Wildman–Crippen MR) is 111 cm³/mol. The van der Waals surface area contributed by atoms with Crippen LogP contribution in [-0.2, 0) is 11.2 Å². The van der Waals surface area contributed by atoms with Crippen LogP contribution in [0.2, 0.25) is 0 Å². The number of anilines is 1. The summed E-state index contributed by atoms with van der Waals surface area (Å²) in [6, 6.07) is 16.2. The minimum Gasteiger partial charge on any atom is -0.325 e. The topological polar surface area (TPSA) is 59.8 Å². The molecule has 2 aromatic carbocycles. The van der Waals surface area contributed by atoms with E-state index in [4.69, 9.17) is 0 Å². The molecule has 140 valence electrons. The Morgan fingerprint density at radius 1 is 1.11 bits per heavy atom. The molecule has 0 aliphatic carbocycles. The molecule has 0 fully saturated rings. The van der Waals surface area contributed by atoms with E-state index in [2.05, 4.69) is 34.6 Å². The minimum atomic E-state index is -0.0558. The van der Waals surface area contributed by atoms with Crippen molar-refractivity contribution < 1.29 is 4.79 Å². The number of carbonyl (C=O) groups is 1. The number of rotatable bonds is 8. The SMILES string of the molecule is CCCCc1ccc(NC(=O)CSc2nncn2-c2ccc(C)cc2)cc1. The first kappa shape index (κ1) is 19.2. The van der Waals surface area contributed by atoms with E-state index in [-0.39, 0.29) is 11.7 Å². The van der Waals surface area contributed by atoms with Crippen LogP contribution in [0.1, 0.15) is 30.9 Å². The van der Waals surface area contributed by atoms with E-state index in [0.717, 1.165) is 17.8 Å². The molecule has 0 unspecified atom stereocenters. The number of amides is 1. The lowest BCUT2D eigenvalue weighted by molar-refractivity contribution is -0.113. The number of hydrogen-bond donors (Lipinski definition) is 1. The van der Waals surface area contributed by atoms with Gasteiger partial charge in [0.25, 0.3) is 0 Å². The lowest BCUT2D eigenvalue weighted by Gasteiger charge is -2.08. The molecule has 0 radical (unpaired) electrons. The molecular formula is C21H24N4OS. The standard InChI is InChI=1S/C21H24N4OS/c1-3-4-5-17-8-10-18(11-9-17)23-20(26)14-27-21-24-22-15-25(21)19-12-6-16(2)7-13-19/h6-13,15H,3-5,14H2,1-2H3,(H,23,26). The highest BCUT2D eigenvalue weighted by Crippen LogP contribution is 2.20. The van der Waals surface area contributed by atoms with Gasteiger partial charge in [0.05, 0.1) is 5.75 Å². The van der Waals surface area contributed by atoms with Crippen molar-refractivity contribution in [3.8, 4) is 5.69 Å². The summed E-state index contributed by atoms with van der Waals surface area (Å²) >= 11 is 1.37. The number of carbonyl (C=O) groups excluding carboxylic acids is 1. The number of thioether (sulfide) groups is 1. The molecule has 5 nitrogen and oxygen atoms in total. The summed E-state index contributed by atoms with van der Waals surface area (Å²) in [5, 5.41) is 11.7. The van der Waals surface area contributed by atoms with Crippen molar-refractivity contribution in [2.75, 3.05) is 11.1 Å². The molecule has 6 heteroatoms. The summed E-state index contributed by atoms with van der Waals surface area (Å²) in [4.78, 5) is 12.3. The molecule has 0 saturated carbocycles. The molecule has 1 aromatic heterocycles. The normalized spacial score (nSPS) is 10.7. The van der Waals surface area contributed by atoms with Gasteiger partial charge < -0.3 is 5.32 Å². The lowest BCUT2D eigenvalue weighted by atomic mass is 10.1. The average molecular weight is 381 g/mol. The van der Waals surface area contributed by atoms with Gasteiger partial charge in [0.1, 0.15) is 6.33 Å². The van der Waals surface area contributed by atoms with Gasteiger partial charge in [-0.25, -0.2) is 0 Å². The van der Waals surface area contributed by atoms with E-state index in [1.807, 2.05) is 47.9 Å². The molecule has 0 spiro atoms. The number of benzene rings is 2. The van der Waals surface area contributed by atoms with Crippen LogP contribution in [0.5, 0.6) is 0 Å². The maximum atomic E-state index is 12.3. The fourth-order valence-corrected chi connectivity index (χ4v) is 3.40. The second-order valence-electron chi connectivity index (χ2n) is 6.46. The zero-order valence-corrected chi connectivity index (χ0v) is 16.5. The quantitative estimate of drug-likeness (QED) is 0.578. The first-order chi connectivity index (χ1) is 13.2. The second-order valence-corrected chi connectivity index (χ2v) is 7.40. The van der Waals surface area contributed by atoms with Crippen molar-refractivity contribution >= 4 is 23.4 Å². The van der Waals surface area contributed by atoms with Gasteiger partial charge in [-0.05, 0) is 49.6 Å². The van der Waals surface area contributed by atoms with Gasteiger partial charge in [-0.1, -0.05) is 54.9 Å². The van der Waals surface area contributed by atoms with Crippen LogP contribution in [0.15, 0.2) is 60.0 Å². The molecule has 3 rings (SSSR count). The molecular weight excluding hydrogens is 356 g/mol. The first-order valence-corrected chi connectivity index (χ1v) is 10.1. The summed E-state index contributed by atoms with van der Waals surface area (Å²) in [6.45, 7) is 4.23. The van der Waals surface area contributed by atoms with Crippen LogP contribution >= 0.6 is 11.8 Å². The van der Waals surface area contributed by atoms with E-state index in [1.54, 1.807) is 6.33 Å². The molecule has 0 atom stereocenters. The molecule has 1 amide bonds. The summed E-state index contributed by atoms with van der Waals surface area (Å²) in [7, 11) is 0. The van der Waals surface area contributed by atoms with E-state index in [1.165, 1.54) is 35.7 Å². The van der Waals surface area contributed by atoms with Crippen LogP contribution in [-0.4, -0.2) is 26.4 Å². The molecule has 0 saturated heterocycles. The van der Waals surface area contributed by atoms with Crippen molar-refractivity contribution in [2.24, 2.45) is 0 Å². The lowest BCUT2D eigenvalue weighted by Crippen LogP contribution is -2.14. The third-order valence-electron chi connectivity index (χ3n) is 4.22. The number of aromatic nitrogens is 3. The molecule has 27 heavy (non-hydrogen) atoms. The molecule has 0 aliphatic rings. The van der Waals surface area contributed by atoms with Crippen LogP contribution in [0.4, 0.5) is 5.69 Å². The Morgan fingerprint density at radius 2 is 1.85 bits per heavy atom. The fourth-order valence-electron chi connectivity index (χ4n) is 2.67. The maximum absolute atomic E-state index is 12.3. The molecule has 3 aromatic rings. The average Bonchev–Trinajstić information content (AvgIpc) is 3.15. The molecule has 1 N–H and O–H groups in total. The number of aryl methyl sites for hydroxylation is 2. The maximum Gasteiger partial charge on any atom is 0.234 e. The third-order valence-corrected chi connectivity index (χ3v) is 5.16. The van der Waals surface area contributed by atoms with Gasteiger partial charge in [-0.3, -0.25) is 9.36 Å². The van der Waals surface area contributed by atoms with E-state index in [0.29, 0.717) is 5.16 Å². The second kappa shape index (κ2) is 9.37. The Bertz CT molecular complexity index is 872. The molecule has 0 aliphatic heterocycles. The highest BCUT2D eigenvalue weighted by atomic mass is 32.2. The van der Waals surface area contributed by atoms with E-state index < -0.39 is 0 Å². The van der Waals surface area contributed by atoms with Crippen molar-refractivity contribution in [3.05, 3.63) is 66.0 Å². The summed E-state index contributed by atoms with van der Waals surface area (Å²) in [5.74, 6) is 0.224. The Labute approximate surface area is 164 Å². The Morgan fingerprint density at radius 3 is 2.56 bits per heavy atom. The number of hydrogen-bond acceptors (Lipinski definition) is 4. The summed E-state index contributed by atoms with van der Waals surface area (Å²) < 4.78 is 1.89. The minimum absolute atomic E-state index is 0.0558. The zero-order valence-electron chi connectivity index (χ0n) is 15.7. The first-order valence-electron chi connectivity index (χ1n) is 9.14. The van der Waals surface area contributed by atoms with Crippen LogP contribution in [0.3, 0.4) is 0 Å². The Kier molecular flexibility index (Phi) is 6.65. The van der Waals surface area contributed by atoms with Crippen LogP contribution in [0, 0.1) is 6.92 Å². The fraction of sp³-hybridized carbons (Fsp3) is 0.286. The number of unbranched alkanes of at least 4 members (excludes halogenated alkanes) is 1. The Balaban J connectivity index is 1.55. The van der Waals surface area contributed by atoms with Gasteiger partial charge in [0.15, 0.2) is 5.16 Å². The van der Waals surface area contributed by atoms with Crippen molar-refractivity contribution in [1.82, 2.24) is 14.8 Å². The van der Waals surface area contributed by atoms with E-state index >= 15 is 0 Å². The van der Waals surface area contributed by atoms with Crippen LogP contribution in [0.25, 0.3) is 5.69 Å². The summed E-state index contributed by atoms with van der Waals surface area (Å²) in [5.41, 5.74) is 4.30. The Hall–Kier alpha value is -2.60. The highest BCUT2D eigenvalue weighted by molar-refractivity contribution is 7.99. The van der Waals surface area contributed by atoms with Gasteiger partial charge in [0.2, 0.25) is 5.91 Å². The predicted octanol–water partition coefficient (Wildman–Crippen LogP) is 4.65. The highest BCUT2D eigenvalue weighted by Gasteiger charge is 2.10. The van der Waals surface area contributed by atoms with E-state index in [9.17, 15) is 4.79 Å².